The van der Waals surface area contributed by atoms with Crippen molar-refractivity contribution in [2.24, 2.45) is 5.73 Å². The zero-order chi connectivity index (χ0) is 14.1. The Morgan fingerprint density at radius 1 is 1.26 bits per heavy atom. The van der Waals surface area contributed by atoms with Crippen molar-refractivity contribution in [2.75, 3.05) is 26.9 Å². The molecule has 0 aliphatic carbocycles. The van der Waals surface area contributed by atoms with Gasteiger partial charge in [0.2, 0.25) is 0 Å². The minimum Gasteiger partial charge on any atom is -0.491 e. The lowest BCUT2D eigenvalue weighted by Crippen LogP contribution is -2.27. The van der Waals surface area contributed by atoms with Crippen molar-refractivity contribution in [1.82, 2.24) is 0 Å². The van der Waals surface area contributed by atoms with Crippen LogP contribution in [0.4, 0.5) is 0 Å². The summed E-state index contributed by atoms with van der Waals surface area (Å²) in [5.41, 5.74) is 6.54. The summed E-state index contributed by atoms with van der Waals surface area (Å²) in [5.74, 6) is 0.701. The predicted molar refractivity (Wildman–Crippen MR) is 73.1 cm³/mol. The van der Waals surface area contributed by atoms with Crippen molar-refractivity contribution in [3.63, 3.8) is 0 Å². The van der Waals surface area contributed by atoms with E-state index in [2.05, 4.69) is 0 Å². The summed E-state index contributed by atoms with van der Waals surface area (Å²) < 4.78 is 15.8. The van der Waals surface area contributed by atoms with Crippen molar-refractivity contribution in [3.05, 3.63) is 29.8 Å². The van der Waals surface area contributed by atoms with Crippen LogP contribution in [0, 0.1) is 0 Å². The number of aliphatic hydroxyl groups is 1. The van der Waals surface area contributed by atoms with Gasteiger partial charge in [0.25, 0.3) is 0 Å². The topological polar surface area (TPSA) is 73.9 Å². The van der Waals surface area contributed by atoms with E-state index in [-0.39, 0.29) is 19.3 Å². The molecule has 0 saturated carbocycles. The first-order chi connectivity index (χ1) is 9.15. The van der Waals surface area contributed by atoms with E-state index in [1.807, 2.05) is 31.2 Å². The van der Waals surface area contributed by atoms with Crippen LogP contribution in [-0.4, -0.2) is 44.2 Å². The first-order valence-corrected chi connectivity index (χ1v) is 6.36. The molecule has 0 aliphatic heterocycles. The number of aliphatic hydroxyl groups excluding tert-OH is 1. The summed E-state index contributed by atoms with van der Waals surface area (Å²) in [6.07, 6.45) is -0.707. The SMILES string of the molecule is COCC(C)OCC(O)COc1cccc(CN)c1. The second kappa shape index (κ2) is 8.87. The monoisotopic (exact) mass is 269 g/mol. The molecular weight excluding hydrogens is 246 g/mol. The molecule has 3 N–H and O–H groups in total. The lowest BCUT2D eigenvalue weighted by molar-refractivity contribution is -0.0423. The maximum Gasteiger partial charge on any atom is 0.119 e. The van der Waals surface area contributed by atoms with Crippen LogP contribution in [0.3, 0.4) is 0 Å². The van der Waals surface area contributed by atoms with Gasteiger partial charge in [0.1, 0.15) is 18.5 Å². The van der Waals surface area contributed by atoms with Crippen molar-refractivity contribution in [1.29, 1.82) is 0 Å². The average Bonchev–Trinajstić information content (AvgIpc) is 2.43. The van der Waals surface area contributed by atoms with E-state index >= 15 is 0 Å². The second-order valence-electron chi connectivity index (χ2n) is 4.42. The standard InChI is InChI=1S/C14H23NO4/c1-11(8-17-2)18-9-13(16)10-19-14-5-3-4-12(6-14)7-15/h3-6,11,13,16H,7-10,15H2,1-2H3. The van der Waals surface area contributed by atoms with Gasteiger partial charge in [-0.05, 0) is 24.6 Å². The highest BCUT2D eigenvalue weighted by atomic mass is 16.5. The van der Waals surface area contributed by atoms with E-state index < -0.39 is 6.10 Å². The number of nitrogens with two attached hydrogens (primary N) is 1. The van der Waals surface area contributed by atoms with Crippen LogP contribution in [0.5, 0.6) is 5.75 Å². The lowest BCUT2D eigenvalue weighted by atomic mass is 10.2. The van der Waals surface area contributed by atoms with Crippen LogP contribution in [-0.2, 0) is 16.0 Å². The fourth-order valence-electron chi connectivity index (χ4n) is 1.56. The lowest BCUT2D eigenvalue weighted by Gasteiger charge is -2.16. The summed E-state index contributed by atoms with van der Waals surface area (Å²) in [6.45, 7) is 3.28. The quantitative estimate of drug-likeness (QED) is 0.698. The van der Waals surface area contributed by atoms with Crippen LogP contribution < -0.4 is 10.5 Å². The van der Waals surface area contributed by atoms with Gasteiger partial charge in [-0.15, -0.1) is 0 Å². The highest BCUT2D eigenvalue weighted by molar-refractivity contribution is 5.28. The van der Waals surface area contributed by atoms with E-state index in [4.69, 9.17) is 19.9 Å². The summed E-state index contributed by atoms with van der Waals surface area (Å²) >= 11 is 0. The molecule has 2 atom stereocenters. The molecule has 0 heterocycles. The number of rotatable bonds is 9. The summed E-state index contributed by atoms with van der Waals surface area (Å²) in [4.78, 5) is 0. The molecule has 2 unspecified atom stereocenters. The van der Waals surface area contributed by atoms with Gasteiger partial charge in [-0.2, -0.15) is 0 Å². The number of hydrogen-bond donors (Lipinski definition) is 2. The van der Waals surface area contributed by atoms with Gasteiger partial charge in [0, 0.05) is 13.7 Å². The molecule has 0 aromatic heterocycles. The van der Waals surface area contributed by atoms with E-state index in [9.17, 15) is 5.11 Å². The van der Waals surface area contributed by atoms with Gasteiger partial charge in [0.05, 0.1) is 19.3 Å². The predicted octanol–water partition coefficient (Wildman–Crippen LogP) is 0.937. The highest BCUT2D eigenvalue weighted by Crippen LogP contribution is 2.13. The molecule has 5 nitrogen and oxygen atoms in total. The normalized spacial score (nSPS) is 14.1. The molecule has 19 heavy (non-hydrogen) atoms. The van der Waals surface area contributed by atoms with Gasteiger partial charge >= 0.3 is 0 Å². The number of methoxy groups -OCH3 is 1. The first kappa shape index (κ1) is 15.9. The molecule has 1 aromatic rings. The maximum atomic E-state index is 9.74. The van der Waals surface area contributed by atoms with Gasteiger partial charge < -0.3 is 25.1 Å². The number of benzene rings is 1. The fraction of sp³-hybridized carbons (Fsp3) is 0.571. The summed E-state index contributed by atoms with van der Waals surface area (Å²) in [6, 6.07) is 7.50. The number of hydrogen-bond acceptors (Lipinski definition) is 5. The minimum atomic E-state index is -0.666. The van der Waals surface area contributed by atoms with E-state index in [0.29, 0.717) is 18.9 Å². The highest BCUT2D eigenvalue weighted by Gasteiger charge is 2.09. The Kier molecular flexibility index (Phi) is 7.43. The molecule has 0 fully saturated rings. The Morgan fingerprint density at radius 2 is 2.05 bits per heavy atom. The molecule has 0 bridgehead atoms. The van der Waals surface area contributed by atoms with Crippen LogP contribution in [0.15, 0.2) is 24.3 Å². The average molecular weight is 269 g/mol. The second-order valence-corrected chi connectivity index (χ2v) is 4.42. The Bertz CT molecular complexity index is 359. The molecule has 0 radical (unpaired) electrons. The number of ether oxygens (including phenoxy) is 3. The van der Waals surface area contributed by atoms with E-state index in [1.165, 1.54) is 0 Å². The fourth-order valence-corrected chi connectivity index (χ4v) is 1.56. The molecule has 5 heteroatoms. The molecule has 0 aliphatic rings. The Labute approximate surface area is 114 Å². The van der Waals surface area contributed by atoms with E-state index in [0.717, 1.165) is 5.56 Å². The Hall–Kier alpha value is -1.14. The molecule has 0 spiro atoms. The van der Waals surface area contributed by atoms with Crippen molar-refractivity contribution in [3.8, 4) is 5.75 Å². The third kappa shape index (κ3) is 6.54. The van der Waals surface area contributed by atoms with Crippen LogP contribution in [0.1, 0.15) is 12.5 Å². The van der Waals surface area contributed by atoms with Gasteiger partial charge in [-0.1, -0.05) is 12.1 Å². The van der Waals surface area contributed by atoms with Crippen LogP contribution >= 0.6 is 0 Å². The Morgan fingerprint density at radius 3 is 2.74 bits per heavy atom. The largest absolute Gasteiger partial charge is 0.491 e. The van der Waals surface area contributed by atoms with Crippen molar-refractivity contribution >= 4 is 0 Å². The Balaban J connectivity index is 2.27. The van der Waals surface area contributed by atoms with Gasteiger partial charge in [-0.3, -0.25) is 0 Å². The third-order valence-electron chi connectivity index (χ3n) is 2.55. The molecule has 108 valence electrons. The summed E-state index contributed by atoms with van der Waals surface area (Å²) in [7, 11) is 1.61. The minimum absolute atomic E-state index is 0.0415. The van der Waals surface area contributed by atoms with Crippen LogP contribution in [0.25, 0.3) is 0 Å². The zero-order valence-electron chi connectivity index (χ0n) is 11.5. The smallest absolute Gasteiger partial charge is 0.119 e. The van der Waals surface area contributed by atoms with Crippen molar-refractivity contribution < 1.29 is 19.3 Å². The molecule has 0 saturated heterocycles. The zero-order valence-corrected chi connectivity index (χ0v) is 11.5. The van der Waals surface area contributed by atoms with Crippen LogP contribution in [0.2, 0.25) is 0 Å². The van der Waals surface area contributed by atoms with Crippen molar-refractivity contribution in [2.45, 2.75) is 25.7 Å². The van der Waals surface area contributed by atoms with Gasteiger partial charge in [0.15, 0.2) is 0 Å². The third-order valence-corrected chi connectivity index (χ3v) is 2.55. The van der Waals surface area contributed by atoms with E-state index in [1.54, 1.807) is 7.11 Å². The summed E-state index contributed by atoms with van der Waals surface area (Å²) in [5, 5.41) is 9.74. The maximum absolute atomic E-state index is 9.74. The van der Waals surface area contributed by atoms with Gasteiger partial charge in [-0.25, -0.2) is 0 Å². The first-order valence-electron chi connectivity index (χ1n) is 6.36. The molecular formula is C14H23NO4. The molecule has 0 amide bonds. The molecule has 1 aromatic carbocycles. The molecule has 1 rings (SSSR count).